The van der Waals surface area contributed by atoms with Gasteiger partial charge in [0.15, 0.2) is 16.3 Å². The third kappa shape index (κ3) is 3.87. The molecule has 2 aromatic rings. The van der Waals surface area contributed by atoms with Crippen LogP contribution in [-0.2, 0) is 25.4 Å². The topological polar surface area (TPSA) is 90.9 Å². The predicted octanol–water partition coefficient (Wildman–Crippen LogP) is 0.627. The van der Waals surface area contributed by atoms with Crippen LogP contribution >= 0.6 is 11.8 Å². The Bertz CT molecular complexity index is 946. The number of aryl methyl sites for hydroxylation is 1. The van der Waals surface area contributed by atoms with Crippen molar-refractivity contribution in [3.05, 3.63) is 33.5 Å². The summed E-state index contributed by atoms with van der Waals surface area (Å²) in [4.78, 5) is 41.1. The molecule has 2 aromatic heterocycles. The van der Waals surface area contributed by atoms with Crippen LogP contribution in [0.1, 0.15) is 20.8 Å². The molecule has 0 spiro atoms. The number of amides is 1. The average Bonchev–Trinajstić information content (AvgIpc) is 2.86. The van der Waals surface area contributed by atoms with Crippen molar-refractivity contribution in [1.29, 1.82) is 0 Å². The number of nitrogens with one attached hydrogen (secondary N) is 1. The van der Waals surface area contributed by atoms with Gasteiger partial charge in [0.25, 0.3) is 5.56 Å². The molecule has 136 valence electrons. The van der Waals surface area contributed by atoms with Crippen molar-refractivity contribution in [3.8, 4) is 0 Å². The molecule has 25 heavy (non-hydrogen) atoms. The Morgan fingerprint density at radius 3 is 2.48 bits per heavy atom. The molecule has 8 nitrogen and oxygen atoms in total. The summed E-state index contributed by atoms with van der Waals surface area (Å²) >= 11 is 1.22. The smallest absolute Gasteiger partial charge is 0.332 e. The number of imidazole rings is 1. The van der Waals surface area contributed by atoms with Crippen molar-refractivity contribution >= 4 is 28.8 Å². The number of hydrogen-bond acceptors (Lipinski definition) is 5. The summed E-state index contributed by atoms with van der Waals surface area (Å²) in [6.45, 7) is 9.77. The van der Waals surface area contributed by atoms with Gasteiger partial charge in [-0.15, -0.1) is 6.58 Å². The lowest BCUT2D eigenvalue weighted by Gasteiger charge is -2.20. The number of fused-ring (bicyclic) bond motifs is 1. The first-order valence-electron chi connectivity index (χ1n) is 7.77. The Hall–Kier alpha value is -2.29. The monoisotopic (exact) mass is 365 g/mol. The molecular weight excluding hydrogens is 342 g/mol. The zero-order valence-corrected chi connectivity index (χ0v) is 15.9. The summed E-state index contributed by atoms with van der Waals surface area (Å²) in [5, 5.41) is 3.38. The second-order valence-electron chi connectivity index (χ2n) is 6.76. The lowest BCUT2D eigenvalue weighted by Crippen LogP contribution is -2.41. The molecule has 1 N–H and O–H groups in total. The van der Waals surface area contributed by atoms with Gasteiger partial charge in [-0.1, -0.05) is 17.8 Å². The third-order valence-corrected chi connectivity index (χ3v) is 4.45. The highest BCUT2D eigenvalue weighted by Gasteiger charge is 2.20. The summed E-state index contributed by atoms with van der Waals surface area (Å²) in [6, 6.07) is 0. The fraction of sp³-hybridized carbons (Fsp3) is 0.500. The van der Waals surface area contributed by atoms with E-state index >= 15 is 0 Å². The van der Waals surface area contributed by atoms with Gasteiger partial charge in [0.2, 0.25) is 5.91 Å². The molecule has 9 heteroatoms. The summed E-state index contributed by atoms with van der Waals surface area (Å²) in [5.74, 6) is 0.0305. The second-order valence-corrected chi connectivity index (χ2v) is 7.70. The summed E-state index contributed by atoms with van der Waals surface area (Å²) < 4.78 is 4.05. The first-order chi connectivity index (χ1) is 11.6. The molecule has 0 aromatic carbocycles. The number of aromatic nitrogens is 4. The Kier molecular flexibility index (Phi) is 5.26. The van der Waals surface area contributed by atoms with Gasteiger partial charge in [0, 0.05) is 26.2 Å². The van der Waals surface area contributed by atoms with Gasteiger partial charge < -0.3 is 9.88 Å². The first kappa shape index (κ1) is 19.0. The van der Waals surface area contributed by atoms with Gasteiger partial charge >= 0.3 is 5.69 Å². The number of carbonyl (C=O) groups excluding carboxylic acids is 1. The average molecular weight is 365 g/mol. The maximum absolute atomic E-state index is 12.5. The van der Waals surface area contributed by atoms with Gasteiger partial charge in [-0.05, 0) is 20.8 Å². The van der Waals surface area contributed by atoms with Crippen LogP contribution < -0.4 is 16.6 Å². The molecule has 0 saturated carbocycles. The summed E-state index contributed by atoms with van der Waals surface area (Å²) in [7, 11) is 3.00. The summed E-state index contributed by atoms with van der Waals surface area (Å²) in [6.07, 6.45) is 1.64. The zero-order valence-electron chi connectivity index (χ0n) is 15.1. The highest BCUT2D eigenvalue weighted by atomic mass is 32.2. The van der Waals surface area contributed by atoms with E-state index in [1.54, 1.807) is 17.7 Å². The number of rotatable bonds is 5. The number of allylic oxidation sites excluding steroid dienone is 1. The van der Waals surface area contributed by atoms with E-state index in [4.69, 9.17) is 0 Å². The van der Waals surface area contributed by atoms with E-state index in [1.807, 2.05) is 20.8 Å². The van der Waals surface area contributed by atoms with Crippen LogP contribution in [0.3, 0.4) is 0 Å². The van der Waals surface area contributed by atoms with E-state index in [1.165, 1.54) is 23.4 Å². The Labute approximate surface area is 149 Å². The minimum absolute atomic E-state index is 0.128. The molecule has 0 fully saturated rings. The predicted molar refractivity (Wildman–Crippen MR) is 99.0 cm³/mol. The van der Waals surface area contributed by atoms with E-state index in [-0.39, 0.29) is 17.2 Å². The molecule has 2 heterocycles. The van der Waals surface area contributed by atoms with Gasteiger partial charge in [-0.25, -0.2) is 9.78 Å². The lowest BCUT2D eigenvalue weighted by molar-refractivity contribution is -0.119. The minimum Gasteiger partial charge on any atom is -0.351 e. The number of nitrogens with zero attached hydrogens (tertiary/aromatic N) is 4. The molecule has 0 aliphatic rings. The van der Waals surface area contributed by atoms with Crippen LogP contribution in [0.25, 0.3) is 11.2 Å². The van der Waals surface area contributed by atoms with Crippen LogP contribution in [-0.4, -0.2) is 35.9 Å². The standard InChI is InChI=1S/C16H23N5O3S/c1-7-8-21-11-12(19(5)15(24)20(6)13(11)23)17-14(21)25-9-10(22)18-16(2,3)4/h7H,1,8-9H2,2-6H3,(H,18,22). The largest absolute Gasteiger partial charge is 0.351 e. The lowest BCUT2D eigenvalue weighted by atomic mass is 10.1. The number of thioether (sulfide) groups is 1. The molecule has 0 aliphatic heterocycles. The zero-order chi connectivity index (χ0) is 18.9. The van der Waals surface area contributed by atoms with Crippen LogP contribution in [0.5, 0.6) is 0 Å². The highest BCUT2D eigenvalue weighted by molar-refractivity contribution is 7.99. The normalized spacial score (nSPS) is 11.7. The Morgan fingerprint density at radius 2 is 1.92 bits per heavy atom. The van der Waals surface area contributed by atoms with E-state index in [0.717, 1.165) is 4.57 Å². The fourth-order valence-electron chi connectivity index (χ4n) is 2.42. The number of hydrogen-bond donors (Lipinski definition) is 1. The molecule has 0 saturated heterocycles. The SMILES string of the molecule is C=CCn1c(SCC(=O)NC(C)(C)C)nc2c1c(=O)n(C)c(=O)n2C. The fourth-order valence-corrected chi connectivity index (χ4v) is 3.22. The minimum atomic E-state index is -0.442. The Morgan fingerprint density at radius 1 is 1.28 bits per heavy atom. The maximum atomic E-state index is 12.5. The van der Waals surface area contributed by atoms with Crippen molar-refractivity contribution in [2.24, 2.45) is 14.1 Å². The van der Waals surface area contributed by atoms with Gasteiger partial charge in [0.1, 0.15) is 0 Å². The van der Waals surface area contributed by atoms with Gasteiger partial charge in [-0.3, -0.25) is 18.7 Å². The molecule has 2 rings (SSSR count). The maximum Gasteiger partial charge on any atom is 0.332 e. The molecule has 0 unspecified atom stereocenters. The number of carbonyl (C=O) groups is 1. The van der Waals surface area contributed by atoms with Gasteiger partial charge in [-0.2, -0.15) is 0 Å². The molecule has 0 atom stereocenters. The van der Waals surface area contributed by atoms with Crippen molar-refractivity contribution in [2.75, 3.05) is 5.75 Å². The Balaban J connectivity index is 2.49. The van der Waals surface area contributed by atoms with Gasteiger partial charge in [0.05, 0.1) is 5.75 Å². The molecule has 0 aliphatic carbocycles. The van der Waals surface area contributed by atoms with Crippen LogP contribution in [0, 0.1) is 0 Å². The molecule has 0 bridgehead atoms. The van der Waals surface area contributed by atoms with Crippen molar-refractivity contribution in [2.45, 2.75) is 38.0 Å². The van der Waals surface area contributed by atoms with Crippen LogP contribution in [0.15, 0.2) is 27.4 Å². The van der Waals surface area contributed by atoms with Crippen molar-refractivity contribution in [1.82, 2.24) is 24.0 Å². The second kappa shape index (κ2) is 6.91. The van der Waals surface area contributed by atoms with E-state index in [9.17, 15) is 14.4 Å². The van der Waals surface area contributed by atoms with Crippen molar-refractivity contribution in [3.63, 3.8) is 0 Å². The van der Waals surface area contributed by atoms with Crippen LogP contribution in [0.2, 0.25) is 0 Å². The van der Waals surface area contributed by atoms with E-state index < -0.39 is 11.2 Å². The first-order valence-corrected chi connectivity index (χ1v) is 8.76. The molecule has 1 amide bonds. The summed E-state index contributed by atoms with van der Waals surface area (Å²) in [5.41, 5.74) is -0.559. The van der Waals surface area contributed by atoms with Crippen molar-refractivity contribution < 1.29 is 4.79 Å². The third-order valence-electron chi connectivity index (χ3n) is 3.47. The van der Waals surface area contributed by atoms with Crippen LogP contribution in [0.4, 0.5) is 0 Å². The quantitative estimate of drug-likeness (QED) is 0.620. The molecular formula is C16H23N5O3S. The van der Waals surface area contributed by atoms with E-state index in [2.05, 4.69) is 16.9 Å². The molecule has 0 radical (unpaired) electrons. The highest BCUT2D eigenvalue weighted by Crippen LogP contribution is 2.21. The van der Waals surface area contributed by atoms with E-state index in [0.29, 0.717) is 22.9 Å².